The third-order valence-electron chi connectivity index (χ3n) is 5.86. The Kier molecular flexibility index (Phi) is 6.83. The number of hydrogen-bond donors (Lipinski definition) is 2. The minimum absolute atomic E-state index is 0.0532. The lowest BCUT2D eigenvalue weighted by Crippen LogP contribution is -2.32. The molecule has 6 heteroatoms. The van der Waals surface area contributed by atoms with Gasteiger partial charge >= 0.3 is 0 Å². The molecule has 1 fully saturated rings. The first-order chi connectivity index (χ1) is 13.5. The zero-order valence-electron chi connectivity index (χ0n) is 17.5. The smallest absolute Gasteiger partial charge is 0.273 e. The number of carbonyl (C=O) groups is 1. The molecule has 0 aliphatic carbocycles. The van der Waals surface area contributed by atoms with E-state index < -0.39 is 0 Å². The van der Waals surface area contributed by atoms with Crippen LogP contribution in [0.2, 0.25) is 0 Å². The first kappa shape index (κ1) is 20.5. The fourth-order valence-electron chi connectivity index (χ4n) is 3.75. The van der Waals surface area contributed by atoms with Crippen LogP contribution in [0.4, 0.5) is 0 Å². The summed E-state index contributed by atoms with van der Waals surface area (Å²) in [5.74, 6) is 0.661. The number of amides is 1. The van der Waals surface area contributed by atoms with Gasteiger partial charge in [-0.25, -0.2) is 4.68 Å². The maximum absolute atomic E-state index is 12.8. The quantitative estimate of drug-likeness (QED) is 0.762. The zero-order chi connectivity index (χ0) is 20.1. The first-order valence-electron chi connectivity index (χ1n) is 10.5. The van der Waals surface area contributed by atoms with Crippen LogP contribution in [-0.4, -0.2) is 34.0 Å². The number of nitrogens with one attached hydrogen (secondary N) is 2. The number of piperidine rings is 1. The highest BCUT2D eigenvalue weighted by molar-refractivity contribution is 5.92. The molecule has 1 aliphatic rings. The molecule has 152 valence electrons. The lowest BCUT2D eigenvalue weighted by Gasteiger charge is -2.23. The van der Waals surface area contributed by atoms with Gasteiger partial charge in [-0.05, 0) is 55.3 Å². The predicted octanol–water partition coefficient (Wildman–Crippen LogP) is 3.84. The number of rotatable bonds is 7. The number of carbonyl (C=O) groups excluding carboxylic acids is 1. The Bertz CT molecular complexity index is 761. The van der Waals surface area contributed by atoms with Crippen molar-refractivity contribution in [1.29, 1.82) is 0 Å². The van der Waals surface area contributed by atoms with E-state index in [-0.39, 0.29) is 17.9 Å². The molecule has 1 aromatic heterocycles. The van der Waals surface area contributed by atoms with Crippen LogP contribution < -0.4 is 10.6 Å². The van der Waals surface area contributed by atoms with Gasteiger partial charge in [-0.15, -0.1) is 5.10 Å². The highest BCUT2D eigenvalue weighted by atomic mass is 16.2. The van der Waals surface area contributed by atoms with Gasteiger partial charge in [0.15, 0.2) is 5.69 Å². The van der Waals surface area contributed by atoms with Crippen LogP contribution in [0.5, 0.6) is 0 Å². The summed E-state index contributed by atoms with van der Waals surface area (Å²) in [6.07, 6.45) is 4.94. The van der Waals surface area contributed by atoms with Crippen LogP contribution in [0.25, 0.3) is 0 Å². The second-order valence-corrected chi connectivity index (χ2v) is 8.24. The van der Waals surface area contributed by atoms with Crippen molar-refractivity contribution in [2.75, 3.05) is 13.1 Å². The molecular weight excluding hydrogens is 350 g/mol. The van der Waals surface area contributed by atoms with Crippen molar-refractivity contribution in [3.63, 3.8) is 0 Å². The van der Waals surface area contributed by atoms with Gasteiger partial charge in [-0.2, -0.15) is 0 Å². The summed E-state index contributed by atoms with van der Waals surface area (Å²) in [7, 11) is 0. The minimum Gasteiger partial charge on any atom is -0.344 e. The molecule has 0 spiro atoms. The van der Waals surface area contributed by atoms with Crippen LogP contribution >= 0.6 is 0 Å². The van der Waals surface area contributed by atoms with Gasteiger partial charge < -0.3 is 10.6 Å². The van der Waals surface area contributed by atoms with Gasteiger partial charge in [-0.1, -0.05) is 57.2 Å². The number of benzene rings is 1. The molecule has 1 saturated heterocycles. The van der Waals surface area contributed by atoms with E-state index in [1.54, 1.807) is 6.20 Å². The summed E-state index contributed by atoms with van der Waals surface area (Å²) in [6, 6.07) is 8.90. The molecule has 2 unspecified atom stereocenters. The first-order valence-corrected chi connectivity index (χ1v) is 10.5. The van der Waals surface area contributed by atoms with E-state index >= 15 is 0 Å². The van der Waals surface area contributed by atoms with E-state index in [9.17, 15) is 4.79 Å². The second kappa shape index (κ2) is 9.32. The average molecular weight is 384 g/mol. The third-order valence-corrected chi connectivity index (χ3v) is 5.86. The van der Waals surface area contributed by atoms with Crippen LogP contribution in [0.15, 0.2) is 30.5 Å². The molecule has 0 radical (unpaired) electrons. The van der Waals surface area contributed by atoms with E-state index in [1.165, 1.54) is 5.56 Å². The molecule has 28 heavy (non-hydrogen) atoms. The number of nitrogens with zero attached hydrogens (tertiary/aromatic N) is 3. The maximum Gasteiger partial charge on any atom is 0.273 e. The minimum atomic E-state index is -0.162. The molecule has 1 aromatic carbocycles. The summed E-state index contributed by atoms with van der Waals surface area (Å²) in [5.41, 5.74) is 2.85. The van der Waals surface area contributed by atoms with Crippen molar-refractivity contribution in [3.8, 4) is 0 Å². The monoisotopic (exact) mass is 383 g/mol. The van der Waals surface area contributed by atoms with E-state index in [0.29, 0.717) is 17.7 Å². The molecule has 2 heterocycles. The Morgan fingerprint density at radius 1 is 1.18 bits per heavy atom. The van der Waals surface area contributed by atoms with E-state index in [4.69, 9.17) is 0 Å². The predicted molar refractivity (Wildman–Crippen MR) is 111 cm³/mol. The summed E-state index contributed by atoms with van der Waals surface area (Å²) < 4.78 is 1.85. The topological polar surface area (TPSA) is 71.8 Å². The standard InChI is InChI=1S/C22H33N5O/c1-5-16(4)17-6-8-18(9-7-17)21(15(2)3)24-22(28)20-14-27(26-25-20)19-10-12-23-13-11-19/h6-9,14-16,19,21,23H,5,10-13H2,1-4H3,(H,24,28). The van der Waals surface area contributed by atoms with Gasteiger partial charge in [-0.3, -0.25) is 4.79 Å². The Labute approximate surface area is 168 Å². The number of aromatic nitrogens is 3. The average Bonchev–Trinajstić information content (AvgIpc) is 3.22. The highest BCUT2D eigenvalue weighted by Gasteiger charge is 2.23. The van der Waals surface area contributed by atoms with Crippen molar-refractivity contribution in [3.05, 3.63) is 47.3 Å². The number of hydrogen-bond acceptors (Lipinski definition) is 4. The van der Waals surface area contributed by atoms with Crippen molar-refractivity contribution in [2.24, 2.45) is 5.92 Å². The largest absolute Gasteiger partial charge is 0.344 e. The fraction of sp³-hybridized carbons (Fsp3) is 0.591. The van der Waals surface area contributed by atoms with Crippen molar-refractivity contribution >= 4 is 5.91 Å². The Morgan fingerprint density at radius 2 is 1.82 bits per heavy atom. The van der Waals surface area contributed by atoms with Crippen molar-refractivity contribution < 1.29 is 4.79 Å². The molecule has 2 atom stereocenters. The van der Waals surface area contributed by atoms with Crippen molar-refractivity contribution in [1.82, 2.24) is 25.6 Å². The van der Waals surface area contributed by atoms with Crippen LogP contribution in [0, 0.1) is 5.92 Å². The van der Waals surface area contributed by atoms with Crippen LogP contribution in [0.3, 0.4) is 0 Å². The molecule has 2 N–H and O–H groups in total. The maximum atomic E-state index is 12.8. The van der Waals surface area contributed by atoms with Crippen LogP contribution in [-0.2, 0) is 0 Å². The van der Waals surface area contributed by atoms with Crippen molar-refractivity contribution in [2.45, 2.75) is 65.0 Å². The molecule has 0 saturated carbocycles. The van der Waals surface area contributed by atoms with E-state index in [1.807, 2.05) is 4.68 Å². The summed E-state index contributed by atoms with van der Waals surface area (Å²) in [5, 5.41) is 14.8. The van der Waals surface area contributed by atoms with E-state index in [0.717, 1.165) is 37.9 Å². The summed E-state index contributed by atoms with van der Waals surface area (Å²) in [6.45, 7) is 10.6. The van der Waals surface area contributed by atoms with E-state index in [2.05, 4.69) is 72.9 Å². The second-order valence-electron chi connectivity index (χ2n) is 8.24. The molecule has 3 rings (SSSR count). The van der Waals surface area contributed by atoms with Gasteiger partial charge in [0.2, 0.25) is 0 Å². The Balaban J connectivity index is 1.70. The lowest BCUT2D eigenvalue weighted by atomic mass is 9.92. The SMILES string of the molecule is CCC(C)c1ccc(C(NC(=O)c2cn(C3CCNCC3)nn2)C(C)C)cc1. The molecule has 1 amide bonds. The zero-order valence-corrected chi connectivity index (χ0v) is 17.5. The highest BCUT2D eigenvalue weighted by Crippen LogP contribution is 2.25. The van der Waals surface area contributed by atoms with Crippen LogP contribution in [0.1, 0.15) is 86.6 Å². The molecule has 6 nitrogen and oxygen atoms in total. The third kappa shape index (κ3) is 4.79. The fourth-order valence-corrected chi connectivity index (χ4v) is 3.75. The lowest BCUT2D eigenvalue weighted by molar-refractivity contribution is 0.0920. The molecular formula is C22H33N5O. The Morgan fingerprint density at radius 3 is 2.43 bits per heavy atom. The molecule has 2 aromatic rings. The molecule has 0 bridgehead atoms. The van der Waals surface area contributed by atoms with Gasteiger partial charge in [0, 0.05) is 0 Å². The van der Waals surface area contributed by atoms with Gasteiger partial charge in [0.25, 0.3) is 5.91 Å². The normalized spacial score (nSPS) is 17.5. The summed E-state index contributed by atoms with van der Waals surface area (Å²) in [4.78, 5) is 12.8. The molecule has 1 aliphatic heterocycles. The Hall–Kier alpha value is -2.21. The van der Waals surface area contributed by atoms with Gasteiger partial charge in [0.05, 0.1) is 18.3 Å². The van der Waals surface area contributed by atoms with Gasteiger partial charge in [0.1, 0.15) is 0 Å². The summed E-state index contributed by atoms with van der Waals surface area (Å²) >= 11 is 0.